The Morgan fingerprint density at radius 3 is 2.72 bits per heavy atom. The number of hydrogen-bond acceptors (Lipinski definition) is 8. The van der Waals surface area contributed by atoms with E-state index in [2.05, 4.69) is 25.6 Å². The first kappa shape index (κ1) is 20.5. The minimum Gasteiger partial charge on any atom is -1.00 e. The Morgan fingerprint density at radius 2 is 2.08 bits per heavy atom. The minimum atomic E-state index is -0.418. The first-order valence-corrected chi connectivity index (χ1v) is 7.52. The van der Waals surface area contributed by atoms with Crippen LogP contribution in [-0.2, 0) is 6.54 Å². The number of rotatable bonds is 9. The Bertz CT molecular complexity index is 680. The first-order chi connectivity index (χ1) is 11.7. The van der Waals surface area contributed by atoms with E-state index in [4.69, 9.17) is 15.2 Å². The molecule has 1 amide bonds. The number of carbonyl (C=O) groups is 1. The molecule has 1 heterocycles. The van der Waals surface area contributed by atoms with Crippen LogP contribution in [0.2, 0.25) is 0 Å². The van der Waals surface area contributed by atoms with Gasteiger partial charge in [0.1, 0.15) is 0 Å². The van der Waals surface area contributed by atoms with Gasteiger partial charge in [0.25, 0.3) is 5.91 Å². The lowest BCUT2D eigenvalue weighted by Crippen LogP contribution is -3.00. The van der Waals surface area contributed by atoms with E-state index in [1.807, 2.05) is 25.1 Å². The molecule has 2 rings (SSSR count). The highest BCUT2D eigenvalue weighted by molar-refractivity contribution is 5.95. The third-order valence-electron chi connectivity index (χ3n) is 3.17. The second kappa shape index (κ2) is 10.4. The second-order valence-corrected chi connectivity index (χ2v) is 4.85. The maximum atomic E-state index is 11.7. The summed E-state index contributed by atoms with van der Waals surface area (Å²) in [5.74, 6) is 0.966. The topological polar surface area (TPSA) is 125 Å². The largest absolute Gasteiger partial charge is 1.00 e. The SMILES string of the molecule is CCOc1ccc(CNCCNC(=O)c2nonc2N)cc1OC.[Cl-]. The number of carbonyl (C=O) groups excluding carboxylic acids is 1. The van der Waals surface area contributed by atoms with Gasteiger partial charge in [-0.2, -0.15) is 0 Å². The molecule has 4 N–H and O–H groups in total. The fourth-order valence-electron chi connectivity index (χ4n) is 2.03. The molecule has 0 aliphatic rings. The molecule has 0 aliphatic heterocycles. The van der Waals surface area contributed by atoms with Crippen molar-refractivity contribution in [3.05, 3.63) is 29.5 Å². The number of benzene rings is 1. The van der Waals surface area contributed by atoms with Crippen LogP contribution in [0.15, 0.2) is 22.8 Å². The highest BCUT2D eigenvalue weighted by atomic mass is 35.5. The van der Waals surface area contributed by atoms with Gasteiger partial charge in [-0.25, -0.2) is 4.63 Å². The lowest BCUT2D eigenvalue weighted by Gasteiger charge is -2.11. The van der Waals surface area contributed by atoms with Gasteiger partial charge in [-0.15, -0.1) is 0 Å². The number of aromatic nitrogens is 2. The summed E-state index contributed by atoms with van der Waals surface area (Å²) in [4.78, 5) is 11.7. The number of hydrogen-bond donors (Lipinski definition) is 3. The molecule has 0 fully saturated rings. The van der Waals surface area contributed by atoms with Crippen LogP contribution in [0.5, 0.6) is 11.5 Å². The quantitative estimate of drug-likeness (QED) is 0.417. The van der Waals surface area contributed by atoms with E-state index in [9.17, 15) is 4.79 Å². The van der Waals surface area contributed by atoms with Crippen molar-refractivity contribution in [1.29, 1.82) is 0 Å². The molecule has 2 aromatic rings. The lowest BCUT2D eigenvalue weighted by atomic mass is 10.2. The predicted molar refractivity (Wildman–Crippen MR) is 86.9 cm³/mol. The number of methoxy groups -OCH3 is 1. The fourth-order valence-corrected chi connectivity index (χ4v) is 2.03. The normalized spacial score (nSPS) is 10.0. The van der Waals surface area contributed by atoms with Crippen molar-refractivity contribution in [2.24, 2.45) is 0 Å². The van der Waals surface area contributed by atoms with Gasteiger partial charge in [0.05, 0.1) is 13.7 Å². The number of nitrogens with two attached hydrogens (primary N) is 1. The van der Waals surface area contributed by atoms with Gasteiger partial charge in [0.15, 0.2) is 11.5 Å². The Kier molecular flexibility index (Phi) is 8.51. The summed E-state index contributed by atoms with van der Waals surface area (Å²) in [6, 6.07) is 5.75. The summed E-state index contributed by atoms with van der Waals surface area (Å²) in [5.41, 5.74) is 6.48. The van der Waals surface area contributed by atoms with Crippen LogP contribution in [0.3, 0.4) is 0 Å². The molecule has 1 aromatic heterocycles. The van der Waals surface area contributed by atoms with Gasteiger partial charge in [0, 0.05) is 19.6 Å². The smallest absolute Gasteiger partial charge is 0.277 e. The summed E-state index contributed by atoms with van der Waals surface area (Å²) in [6.07, 6.45) is 0. The molecule has 0 saturated carbocycles. The van der Waals surface area contributed by atoms with Crippen molar-refractivity contribution in [3.63, 3.8) is 0 Å². The predicted octanol–water partition coefficient (Wildman–Crippen LogP) is -2.42. The molecule has 10 heteroatoms. The van der Waals surface area contributed by atoms with Crippen molar-refractivity contribution in [3.8, 4) is 11.5 Å². The molecule has 0 spiro atoms. The van der Waals surface area contributed by atoms with E-state index in [0.29, 0.717) is 32.0 Å². The molecule has 138 valence electrons. The Labute approximate surface area is 151 Å². The first-order valence-electron chi connectivity index (χ1n) is 7.52. The molecule has 0 aliphatic carbocycles. The van der Waals surface area contributed by atoms with Gasteiger partial charge in [-0.3, -0.25) is 4.79 Å². The number of ether oxygens (including phenoxy) is 2. The van der Waals surface area contributed by atoms with E-state index < -0.39 is 5.91 Å². The third kappa shape index (κ3) is 5.80. The Balaban J connectivity index is 0.00000312. The molecule has 1 aromatic carbocycles. The van der Waals surface area contributed by atoms with Crippen LogP contribution < -0.4 is 38.2 Å². The summed E-state index contributed by atoms with van der Waals surface area (Å²) >= 11 is 0. The molecule has 0 radical (unpaired) electrons. The van der Waals surface area contributed by atoms with Gasteiger partial charge in [0.2, 0.25) is 11.5 Å². The van der Waals surface area contributed by atoms with Gasteiger partial charge >= 0.3 is 0 Å². The van der Waals surface area contributed by atoms with Gasteiger partial charge < -0.3 is 38.2 Å². The Morgan fingerprint density at radius 1 is 1.28 bits per heavy atom. The number of anilines is 1. The van der Waals surface area contributed by atoms with Crippen LogP contribution in [0.25, 0.3) is 0 Å². The van der Waals surface area contributed by atoms with Crippen LogP contribution in [0, 0.1) is 0 Å². The number of amides is 1. The second-order valence-electron chi connectivity index (χ2n) is 4.85. The zero-order valence-electron chi connectivity index (χ0n) is 14.0. The number of nitrogens with one attached hydrogen (secondary N) is 2. The lowest BCUT2D eigenvalue weighted by molar-refractivity contribution is -0.0000146. The molecule has 0 bridgehead atoms. The summed E-state index contributed by atoms with van der Waals surface area (Å²) in [7, 11) is 1.61. The average Bonchev–Trinajstić information content (AvgIpc) is 3.02. The van der Waals surface area contributed by atoms with E-state index in [0.717, 1.165) is 11.3 Å². The highest BCUT2D eigenvalue weighted by Crippen LogP contribution is 2.27. The molecular weight excluding hydrogens is 350 g/mol. The molecule has 0 unspecified atom stereocenters. The number of nitrogen functional groups attached to an aromatic ring is 1. The van der Waals surface area contributed by atoms with E-state index >= 15 is 0 Å². The van der Waals surface area contributed by atoms with Crippen molar-refractivity contribution >= 4 is 11.7 Å². The Hall–Kier alpha value is -2.52. The van der Waals surface area contributed by atoms with E-state index in [-0.39, 0.29) is 23.9 Å². The highest BCUT2D eigenvalue weighted by Gasteiger charge is 2.14. The van der Waals surface area contributed by atoms with Crippen LogP contribution >= 0.6 is 0 Å². The number of nitrogens with zero attached hydrogens (tertiary/aromatic N) is 2. The molecule has 0 saturated heterocycles. The van der Waals surface area contributed by atoms with E-state index in [1.54, 1.807) is 7.11 Å². The van der Waals surface area contributed by atoms with Gasteiger partial charge in [-0.1, -0.05) is 6.07 Å². The zero-order chi connectivity index (χ0) is 17.4. The average molecular weight is 371 g/mol. The monoisotopic (exact) mass is 370 g/mol. The maximum absolute atomic E-state index is 11.7. The summed E-state index contributed by atoms with van der Waals surface area (Å²) in [5, 5.41) is 12.7. The molecule has 0 atom stereocenters. The maximum Gasteiger partial charge on any atom is 0.277 e. The standard InChI is InChI=1S/C15H21N5O4.ClH/c1-3-23-11-5-4-10(8-12(11)22-2)9-17-6-7-18-15(21)13-14(16)20-24-19-13;/h4-5,8,17H,3,6-7,9H2,1-2H3,(H2,16,20)(H,18,21);1H/p-1. The minimum absolute atomic E-state index is 0. The van der Waals surface area contributed by atoms with Crippen molar-refractivity contribution in [2.75, 3.05) is 32.5 Å². The van der Waals surface area contributed by atoms with Crippen LogP contribution in [-0.4, -0.2) is 43.0 Å². The molecule has 25 heavy (non-hydrogen) atoms. The fraction of sp³-hybridized carbons (Fsp3) is 0.400. The van der Waals surface area contributed by atoms with Crippen LogP contribution in [0.1, 0.15) is 23.0 Å². The third-order valence-corrected chi connectivity index (χ3v) is 3.17. The molecular formula is C15H21ClN5O4-. The number of halogens is 1. The van der Waals surface area contributed by atoms with E-state index in [1.165, 1.54) is 0 Å². The van der Waals surface area contributed by atoms with Crippen molar-refractivity contribution in [1.82, 2.24) is 20.9 Å². The van der Waals surface area contributed by atoms with Crippen LogP contribution in [0.4, 0.5) is 5.82 Å². The van der Waals surface area contributed by atoms with Crippen molar-refractivity contribution < 1.29 is 31.3 Å². The van der Waals surface area contributed by atoms with Crippen molar-refractivity contribution in [2.45, 2.75) is 13.5 Å². The summed E-state index contributed by atoms with van der Waals surface area (Å²) < 4.78 is 15.2. The molecule has 9 nitrogen and oxygen atoms in total. The zero-order valence-corrected chi connectivity index (χ0v) is 14.8. The van der Waals surface area contributed by atoms with Gasteiger partial charge in [-0.05, 0) is 34.9 Å². The summed E-state index contributed by atoms with van der Waals surface area (Å²) in [6.45, 7) is 4.13.